The van der Waals surface area contributed by atoms with E-state index in [1.54, 1.807) is 7.05 Å². The maximum Gasteiger partial charge on any atom is 0.233 e. The monoisotopic (exact) mass is 207 g/mol. The molecule has 1 saturated heterocycles. The average molecular weight is 207 g/mol. The van der Waals surface area contributed by atoms with Gasteiger partial charge in [-0.2, -0.15) is 0 Å². The van der Waals surface area contributed by atoms with Crippen LogP contribution in [-0.2, 0) is 9.59 Å². The molecule has 0 aromatic rings. The van der Waals surface area contributed by atoms with E-state index in [0.29, 0.717) is 11.8 Å². The number of amides is 2. The molecule has 0 aromatic carbocycles. The number of hydrogen-bond donors (Lipinski definition) is 0. The summed E-state index contributed by atoms with van der Waals surface area (Å²) in [4.78, 5) is 25.4. The Morgan fingerprint density at radius 1 is 0.933 bits per heavy atom. The predicted octanol–water partition coefficient (Wildman–Crippen LogP) is 1.43. The fourth-order valence-corrected chi connectivity index (χ4v) is 3.93. The van der Waals surface area contributed by atoms with E-state index < -0.39 is 0 Å². The van der Waals surface area contributed by atoms with Crippen molar-refractivity contribution in [2.24, 2.45) is 23.7 Å². The highest BCUT2D eigenvalue weighted by Gasteiger charge is 2.55. The lowest BCUT2D eigenvalue weighted by atomic mass is 9.69. The molecule has 4 fully saturated rings. The molecule has 0 N–H and O–H groups in total. The predicted molar refractivity (Wildman–Crippen MR) is 54.8 cm³/mol. The summed E-state index contributed by atoms with van der Waals surface area (Å²) in [7, 11) is 1.65. The molecule has 1 heterocycles. The summed E-state index contributed by atoms with van der Waals surface area (Å²) in [6.07, 6.45) is 5.86. The molecule has 2 bridgehead atoms. The Bertz CT molecular complexity index is 292. The van der Waals surface area contributed by atoms with Crippen LogP contribution in [0.2, 0.25) is 0 Å². The summed E-state index contributed by atoms with van der Waals surface area (Å²) in [6.45, 7) is 0. The third kappa shape index (κ3) is 1.12. The van der Waals surface area contributed by atoms with Crippen molar-refractivity contribution in [3.63, 3.8) is 0 Å². The lowest BCUT2D eigenvalue weighted by Gasteiger charge is -2.32. The summed E-state index contributed by atoms with van der Waals surface area (Å²) in [6, 6.07) is 0. The van der Waals surface area contributed by atoms with Crippen molar-refractivity contribution in [2.45, 2.75) is 32.1 Å². The van der Waals surface area contributed by atoms with Gasteiger partial charge in [0, 0.05) is 7.05 Å². The van der Waals surface area contributed by atoms with Gasteiger partial charge in [-0.05, 0) is 37.5 Å². The first-order chi connectivity index (χ1) is 7.20. The van der Waals surface area contributed by atoms with Crippen LogP contribution in [0.1, 0.15) is 32.1 Å². The number of rotatable bonds is 0. The summed E-state index contributed by atoms with van der Waals surface area (Å²) in [5, 5.41) is 0. The van der Waals surface area contributed by atoms with Crippen LogP contribution in [0.15, 0.2) is 0 Å². The van der Waals surface area contributed by atoms with Gasteiger partial charge in [-0.3, -0.25) is 14.5 Å². The molecule has 0 spiro atoms. The summed E-state index contributed by atoms with van der Waals surface area (Å²) >= 11 is 0. The van der Waals surface area contributed by atoms with Gasteiger partial charge in [0.25, 0.3) is 0 Å². The average Bonchev–Trinajstić information content (AvgIpc) is 2.51. The number of carbonyl (C=O) groups excluding carboxylic acids is 2. The van der Waals surface area contributed by atoms with Gasteiger partial charge in [0.2, 0.25) is 11.8 Å². The summed E-state index contributed by atoms with van der Waals surface area (Å²) in [5.74, 6) is 1.28. The number of likely N-dealkylation sites (tertiary alicyclic amines) is 1. The van der Waals surface area contributed by atoms with Crippen LogP contribution >= 0.6 is 0 Å². The Kier molecular flexibility index (Phi) is 1.91. The molecular weight excluding hydrogens is 190 g/mol. The van der Waals surface area contributed by atoms with Crippen LogP contribution in [0, 0.1) is 23.7 Å². The Balaban J connectivity index is 2.02. The second kappa shape index (κ2) is 3.06. The van der Waals surface area contributed by atoms with E-state index in [-0.39, 0.29) is 23.7 Å². The van der Waals surface area contributed by atoms with E-state index in [1.165, 1.54) is 24.2 Å². The Hall–Kier alpha value is -0.860. The normalized spacial score (nSPS) is 44.5. The minimum absolute atomic E-state index is 0.0451. The van der Waals surface area contributed by atoms with Crippen molar-refractivity contribution in [2.75, 3.05) is 7.05 Å². The Morgan fingerprint density at radius 2 is 1.40 bits per heavy atom. The molecule has 4 unspecified atom stereocenters. The smallest absolute Gasteiger partial charge is 0.233 e. The van der Waals surface area contributed by atoms with E-state index in [1.807, 2.05) is 0 Å². The zero-order valence-electron chi connectivity index (χ0n) is 9.11. The quantitative estimate of drug-likeness (QED) is 0.563. The summed E-state index contributed by atoms with van der Waals surface area (Å²) < 4.78 is 0. The number of fused-ring (bicyclic) bond motifs is 3. The minimum Gasteiger partial charge on any atom is -0.285 e. The van der Waals surface area contributed by atoms with Gasteiger partial charge in [-0.1, -0.05) is 6.42 Å². The first-order valence-corrected chi connectivity index (χ1v) is 6.01. The molecule has 82 valence electrons. The van der Waals surface area contributed by atoms with Crippen LogP contribution in [0.3, 0.4) is 0 Å². The number of carbonyl (C=O) groups is 2. The van der Waals surface area contributed by atoms with Crippen molar-refractivity contribution < 1.29 is 9.59 Å². The van der Waals surface area contributed by atoms with Crippen molar-refractivity contribution in [3.05, 3.63) is 0 Å². The third-order valence-electron chi connectivity index (χ3n) is 4.69. The van der Waals surface area contributed by atoms with Crippen LogP contribution in [-0.4, -0.2) is 23.8 Å². The lowest BCUT2D eigenvalue weighted by Crippen LogP contribution is -2.34. The lowest BCUT2D eigenvalue weighted by molar-refractivity contribution is -0.138. The number of hydrogen-bond acceptors (Lipinski definition) is 2. The minimum atomic E-state index is 0.0451. The highest BCUT2D eigenvalue weighted by atomic mass is 16.2. The molecule has 3 nitrogen and oxygen atoms in total. The van der Waals surface area contributed by atoms with E-state index >= 15 is 0 Å². The molecule has 0 aromatic heterocycles. The fraction of sp³-hybridized carbons (Fsp3) is 0.833. The second-order valence-electron chi connectivity index (χ2n) is 5.32. The zero-order chi connectivity index (χ0) is 10.6. The summed E-state index contributed by atoms with van der Waals surface area (Å²) in [5.41, 5.74) is 0. The molecule has 3 aliphatic carbocycles. The van der Waals surface area contributed by atoms with Gasteiger partial charge in [0.15, 0.2) is 0 Å². The van der Waals surface area contributed by atoms with Gasteiger partial charge in [-0.15, -0.1) is 0 Å². The first-order valence-electron chi connectivity index (χ1n) is 6.01. The highest BCUT2D eigenvalue weighted by Crippen LogP contribution is 2.50. The van der Waals surface area contributed by atoms with Gasteiger partial charge in [-0.25, -0.2) is 0 Å². The van der Waals surface area contributed by atoms with Crippen LogP contribution in [0.5, 0.6) is 0 Å². The van der Waals surface area contributed by atoms with E-state index in [2.05, 4.69) is 0 Å². The molecule has 4 rings (SSSR count). The standard InChI is InChI=1S/C12H17NO2/c1-13-11(14)9-7-3-2-4-8(6-5-7)10(9)12(13)15/h7-10H,2-6H2,1H3. The van der Waals surface area contributed by atoms with Crippen molar-refractivity contribution in [1.82, 2.24) is 4.90 Å². The van der Waals surface area contributed by atoms with Crippen LogP contribution < -0.4 is 0 Å². The first kappa shape index (κ1) is 9.37. The van der Waals surface area contributed by atoms with Gasteiger partial charge < -0.3 is 0 Å². The van der Waals surface area contributed by atoms with Gasteiger partial charge in [0.05, 0.1) is 11.8 Å². The van der Waals surface area contributed by atoms with Crippen molar-refractivity contribution >= 4 is 11.8 Å². The van der Waals surface area contributed by atoms with Crippen LogP contribution in [0.25, 0.3) is 0 Å². The van der Waals surface area contributed by atoms with E-state index in [9.17, 15) is 9.59 Å². The topological polar surface area (TPSA) is 37.4 Å². The highest BCUT2D eigenvalue weighted by molar-refractivity contribution is 6.05. The van der Waals surface area contributed by atoms with Crippen molar-refractivity contribution in [3.8, 4) is 0 Å². The largest absolute Gasteiger partial charge is 0.285 e. The van der Waals surface area contributed by atoms with Gasteiger partial charge >= 0.3 is 0 Å². The molecule has 3 saturated carbocycles. The van der Waals surface area contributed by atoms with E-state index in [0.717, 1.165) is 12.8 Å². The molecular formula is C12H17NO2. The van der Waals surface area contributed by atoms with Crippen molar-refractivity contribution in [1.29, 1.82) is 0 Å². The fourth-order valence-electron chi connectivity index (χ4n) is 3.93. The van der Waals surface area contributed by atoms with Gasteiger partial charge in [0.1, 0.15) is 0 Å². The molecule has 4 atom stereocenters. The second-order valence-corrected chi connectivity index (χ2v) is 5.32. The molecule has 15 heavy (non-hydrogen) atoms. The third-order valence-corrected chi connectivity index (χ3v) is 4.69. The molecule has 4 aliphatic rings. The molecule has 1 aliphatic heterocycles. The molecule has 0 radical (unpaired) electrons. The van der Waals surface area contributed by atoms with E-state index in [4.69, 9.17) is 0 Å². The Morgan fingerprint density at radius 3 is 1.87 bits per heavy atom. The maximum absolute atomic E-state index is 12.0. The molecule has 2 amide bonds. The number of nitrogens with zero attached hydrogens (tertiary/aromatic N) is 1. The zero-order valence-corrected chi connectivity index (χ0v) is 9.11. The maximum atomic E-state index is 12.0. The molecule has 3 heteroatoms. The number of imide groups is 1. The van der Waals surface area contributed by atoms with Crippen LogP contribution in [0.4, 0.5) is 0 Å². The Labute approximate surface area is 89.8 Å². The SMILES string of the molecule is CN1C(=O)C2C3CCCC(CC3)C2C1=O.